The number of ether oxygens (including phenoxy) is 2. The van der Waals surface area contributed by atoms with E-state index < -0.39 is 35.1 Å². The quantitative estimate of drug-likeness (QED) is 0.849. The first-order chi connectivity index (χ1) is 11.0. The molecule has 1 aliphatic carbocycles. The molecule has 1 aromatic carbocycles. The Morgan fingerprint density at radius 1 is 1.17 bits per heavy atom. The largest absolute Gasteiger partial charge is 0.466 e. The number of hydrogen-bond acceptors (Lipinski definition) is 5. The number of carbonyl (C=O) groups excluding carboxylic acids is 3. The van der Waals surface area contributed by atoms with Gasteiger partial charge in [0.05, 0.1) is 25.0 Å². The summed E-state index contributed by atoms with van der Waals surface area (Å²) in [5.41, 5.74) is -0.176. The molecule has 1 spiro atoms. The first-order valence-corrected chi connectivity index (χ1v) is 7.81. The molecule has 1 N–H and O–H groups in total. The van der Waals surface area contributed by atoms with E-state index in [1.54, 1.807) is 32.0 Å². The summed E-state index contributed by atoms with van der Waals surface area (Å²) in [5, 5.41) is 3.15. The number of anilines is 1. The highest BCUT2D eigenvalue weighted by Gasteiger charge is 2.80. The van der Waals surface area contributed by atoms with E-state index >= 15 is 0 Å². The summed E-state index contributed by atoms with van der Waals surface area (Å²) in [6, 6.07) is 4.91. The van der Waals surface area contributed by atoms with Crippen molar-refractivity contribution in [3.8, 4) is 0 Å². The smallest absolute Gasteiger partial charge is 0.311 e. The van der Waals surface area contributed by atoms with E-state index in [-0.39, 0.29) is 13.2 Å². The van der Waals surface area contributed by atoms with Crippen LogP contribution in [-0.4, -0.2) is 31.1 Å². The van der Waals surface area contributed by atoms with Crippen molar-refractivity contribution in [2.45, 2.75) is 19.3 Å². The highest BCUT2D eigenvalue weighted by atomic mass is 35.5. The van der Waals surface area contributed by atoms with Gasteiger partial charge in [-0.2, -0.15) is 0 Å². The molecule has 6 nitrogen and oxygen atoms in total. The number of esters is 2. The second kappa shape index (κ2) is 5.53. The summed E-state index contributed by atoms with van der Waals surface area (Å²) in [4.78, 5) is 37.2. The molecule has 1 aliphatic heterocycles. The minimum absolute atomic E-state index is 0.172. The molecule has 1 amide bonds. The Kier molecular flexibility index (Phi) is 3.80. The molecule has 1 saturated carbocycles. The van der Waals surface area contributed by atoms with E-state index in [0.29, 0.717) is 16.3 Å². The minimum atomic E-state index is -1.28. The molecule has 1 heterocycles. The third-order valence-corrected chi connectivity index (χ3v) is 4.57. The fourth-order valence-electron chi connectivity index (χ4n) is 3.43. The van der Waals surface area contributed by atoms with Gasteiger partial charge in [0.2, 0.25) is 5.91 Å². The summed E-state index contributed by atoms with van der Waals surface area (Å²) < 4.78 is 10.1. The Morgan fingerprint density at radius 3 is 2.26 bits per heavy atom. The Bertz CT molecular complexity index is 678. The molecule has 0 unspecified atom stereocenters. The zero-order valence-electron chi connectivity index (χ0n) is 12.7. The van der Waals surface area contributed by atoms with Crippen molar-refractivity contribution >= 4 is 35.1 Å². The maximum Gasteiger partial charge on any atom is 0.311 e. The topological polar surface area (TPSA) is 81.7 Å². The molecular formula is C16H16ClNO5. The first kappa shape index (κ1) is 15.8. The zero-order chi connectivity index (χ0) is 16.8. The van der Waals surface area contributed by atoms with Crippen LogP contribution in [0.5, 0.6) is 0 Å². The van der Waals surface area contributed by atoms with Crippen LogP contribution in [0, 0.1) is 11.8 Å². The molecule has 122 valence electrons. The molecule has 1 fully saturated rings. The monoisotopic (exact) mass is 337 g/mol. The van der Waals surface area contributed by atoms with Gasteiger partial charge in [0.1, 0.15) is 5.41 Å². The molecule has 2 aliphatic rings. The van der Waals surface area contributed by atoms with Crippen LogP contribution < -0.4 is 5.32 Å². The normalized spacial score (nSPS) is 27.3. The van der Waals surface area contributed by atoms with Crippen LogP contribution in [0.4, 0.5) is 5.69 Å². The van der Waals surface area contributed by atoms with E-state index in [9.17, 15) is 14.4 Å². The Balaban J connectivity index is 2.08. The van der Waals surface area contributed by atoms with Crippen molar-refractivity contribution in [3.63, 3.8) is 0 Å². The standard InChI is InChI=1S/C16H16ClNO5/c1-3-22-13(19)11-12(14(20)23-4-2)16(11)9-7-8(17)5-6-10(9)18-15(16)21/h5-7,11-12H,3-4H2,1-2H3,(H,18,21)/t11-,12-/m1/s1. The van der Waals surface area contributed by atoms with E-state index in [4.69, 9.17) is 21.1 Å². The van der Waals surface area contributed by atoms with Crippen molar-refractivity contribution in [1.82, 2.24) is 0 Å². The van der Waals surface area contributed by atoms with Crippen LogP contribution in [0.25, 0.3) is 0 Å². The molecule has 0 aromatic heterocycles. The van der Waals surface area contributed by atoms with Gasteiger partial charge in [-0.05, 0) is 37.6 Å². The summed E-state index contributed by atoms with van der Waals surface area (Å²) in [7, 11) is 0. The number of fused-ring (bicyclic) bond motifs is 2. The number of benzene rings is 1. The first-order valence-electron chi connectivity index (χ1n) is 7.43. The summed E-state index contributed by atoms with van der Waals surface area (Å²) in [5.74, 6) is -3.32. The molecule has 23 heavy (non-hydrogen) atoms. The third-order valence-electron chi connectivity index (χ3n) is 4.34. The molecular weight excluding hydrogens is 322 g/mol. The number of carbonyl (C=O) groups is 3. The summed E-state index contributed by atoms with van der Waals surface area (Å²) in [6.07, 6.45) is 0. The van der Waals surface area contributed by atoms with Crippen LogP contribution in [0.2, 0.25) is 5.02 Å². The van der Waals surface area contributed by atoms with Gasteiger partial charge >= 0.3 is 11.9 Å². The van der Waals surface area contributed by atoms with E-state index in [1.165, 1.54) is 0 Å². The Hall–Kier alpha value is -2.08. The average Bonchev–Trinajstić information content (AvgIpc) is 3.13. The molecule has 0 saturated heterocycles. The van der Waals surface area contributed by atoms with Gasteiger partial charge in [0.15, 0.2) is 0 Å². The molecule has 7 heteroatoms. The lowest BCUT2D eigenvalue weighted by Gasteiger charge is -2.09. The lowest BCUT2D eigenvalue weighted by molar-refractivity contribution is -0.150. The fourth-order valence-corrected chi connectivity index (χ4v) is 3.60. The predicted molar refractivity (Wildman–Crippen MR) is 82.0 cm³/mol. The maximum atomic E-state index is 12.6. The molecule has 1 aromatic rings. The highest BCUT2D eigenvalue weighted by molar-refractivity contribution is 6.31. The average molecular weight is 338 g/mol. The van der Waals surface area contributed by atoms with E-state index in [0.717, 1.165) is 0 Å². The van der Waals surface area contributed by atoms with E-state index in [2.05, 4.69) is 5.32 Å². The van der Waals surface area contributed by atoms with Gasteiger partial charge in [0, 0.05) is 10.7 Å². The van der Waals surface area contributed by atoms with Crippen LogP contribution in [-0.2, 0) is 29.3 Å². The second-order valence-corrected chi connectivity index (χ2v) is 5.91. The number of hydrogen-bond donors (Lipinski definition) is 1. The number of rotatable bonds is 4. The molecule has 3 rings (SSSR count). The fraction of sp³-hybridized carbons (Fsp3) is 0.438. The van der Waals surface area contributed by atoms with Crippen molar-refractivity contribution in [2.24, 2.45) is 11.8 Å². The van der Waals surface area contributed by atoms with Crippen LogP contribution in [0.1, 0.15) is 19.4 Å². The van der Waals surface area contributed by atoms with Gasteiger partial charge < -0.3 is 14.8 Å². The van der Waals surface area contributed by atoms with E-state index in [1.807, 2.05) is 0 Å². The second-order valence-electron chi connectivity index (χ2n) is 5.47. The third kappa shape index (κ3) is 2.12. The van der Waals surface area contributed by atoms with Gasteiger partial charge in [-0.25, -0.2) is 0 Å². The Labute approximate surface area is 138 Å². The number of nitrogens with one attached hydrogen (secondary N) is 1. The van der Waals surface area contributed by atoms with Gasteiger partial charge in [0.25, 0.3) is 0 Å². The lowest BCUT2D eigenvalue weighted by Crippen LogP contribution is -2.27. The maximum absolute atomic E-state index is 12.6. The van der Waals surface area contributed by atoms with Gasteiger partial charge in [-0.15, -0.1) is 0 Å². The van der Waals surface area contributed by atoms with Gasteiger partial charge in [-0.1, -0.05) is 11.6 Å². The lowest BCUT2D eigenvalue weighted by atomic mass is 9.93. The summed E-state index contributed by atoms with van der Waals surface area (Å²) in [6.45, 7) is 3.69. The molecule has 0 radical (unpaired) electrons. The van der Waals surface area contributed by atoms with Crippen LogP contribution in [0.3, 0.4) is 0 Å². The summed E-state index contributed by atoms with van der Waals surface area (Å²) >= 11 is 6.03. The number of amides is 1. The predicted octanol–water partition coefficient (Wildman–Crippen LogP) is 1.90. The van der Waals surface area contributed by atoms with Crippen molar-refractivity contribution < 1.29 is 23.9 Å². The minimum Gasteiger partial charge on any atom is -0.466 e. The zero-order valence-corrected chi connectivity index (χ0v) is 13.5. The number of halogens is 1. The Morgan fingerprint density at radius 2 is 1.74 bits per heavy atom. The SMILES string of the molecule is CCOC(=O)[C@H]1[C@H](C(=O)OCC)C12C(=O)Nc1ccc(Cl)cc12. The van der Waals surface area contributed by atoms with Crippen molar-refractivity contribution in [1.29, 1.82) is 0 Å². The van der Waals surface area contributed by atoms with Crippen molar-refractivity contribution in [3.05, 3.63) is 28.8 Å². The van der Waals surface area contributed by atoms with Gasteiger partial charge in [-0.3, -0.25) is 14.4 Å². The molecule has 2 atom stereocenters. The van der Waals surface area contributed by atoms with Crippen molar-refractivity contribution in [2.75, 3.05) is 18.5 Å². The highest BCUT2D eigenvalue weighted by Crippen LogP contribution is 2.65. The van der Waals surface area contributed by atoms with Crippen LogP contribution in [0.15, 0.2) is 18.2 Å². The van der Waals surface area contributed by atoms with Crippen LogP contribution >= 0.6 is 11.6 Å². The molecule has 0 bridgehead atoms.